The Balaban J connectivity index is 3.00. The molecule has 0 aliphatic carbocycles. The van der Waals surface area contributed by atoms with E-state index in [0.717, 1.165) is 11.1 Å². The number of phenolic OH excluding ortho intramolecular Hbond substituents is 1. The van der Waals surface area contributed by atoms with Gasteiger partial charge in [-0.3, -0.25) is 4.79 Å². The molecule has 4 nitrogen and oxygen atoms in total. The number of hydrogen-bond acceptors (Lipinski definition) is 3. The fourth-order valence-electron chi connectivity index (χ4n) is 1.55. The Bertz CT molecular complexity index is 364. The van der Waals surface area contributed by atoms with Crippen LogP contribution in [0.2, 0.25) is 0 Å². The van der Waals surface area contributed by atoms with E-state index in [0.29, 0.717) is 5.56 Å². The maximum Gasteiger partial charge on any atom is 0.320 e. The van der Waals surface area contributed by atoms with Gasteiger partial charge in [0.2, 0.25) is 0 Å². The van der Waals surface area contributed by atoms with Gasteiger partial charge in [0.05, 0.1) is 0 Å². The Hall–Kier alpha value is -1.55. The van der Waals surface area contributed by atoms with Gasteiger partial charge in [0.1, 0.15) is 11.8 Å². The van der Waals surface area contributed by atoms with Gasteiger partial charge in [0, 0.05) is 6.42 Å². The average Bonchev–Trinajstić information content (AvgIpc) is 2.10. The number of rotatable bonds is 3. The first kappa shape index (κ1) is 11.5. The van der Waals surface area contributed by atoms with Crippen LogP contribution in [0, 0.1) is 13.8 Å². The molecule has 1 aromatic carbocycles. The lowest BCUT2D eigenvalue weighted by molar-refractivity contribution is -0.138. The molecule has 15 heavy (non-hydrogen) atoms. The lowest BCUT2D eigenvalue weighted by Crippen LogP contribution is -2.32. The largest absolute Gasteiger partial charge is 0.508 e. The highest BCUT2D eigenvalue weighted by atomic mass is 16.4. The monoisotopic (exact) mass is 209 g/mol. The highest BCUT2D eigenvalue weighted by Gasteiger charge is 2.16. The van der Waals surface area contributed by atoms with Crippen molar-refractivity contribution in [1.29, 1.82) is 0 Å². The quantitative estimate of drug-likeness (QED) is 0.692. The standard InChI is InChI=1S/C11H15NO3/c1-6-3-7(2)8(10(13)4-6)5-9(12)11(14)15/h3-4,9,13H,5,12H2,1-2H3,(H,14,15)/t9-/m0/s1. The van der Waals surface area contributed by atoms with Crippen LogP contribution in [-0.2, 0) is 11.2 Å². The molecule has 0 aromatic heterocycles. The summed E-state index contributed by atoms with van der Waals surface area (Å²) in [5, 5.41) is 18.3. The predicted molar refractivity (Wildman–Crippen MR) is 56.9 cm³/mol. The fourth-order valence-corrected chi connectivity index (χ4v) is 1.55. The molecular formula is C11H15NO3. The first-order chi connectivity index (χ1) is 6.91. The van der Waals surface area contributed by atoms with Gasteiger partial charge in [0.25, 0.3) is 0 Å². The van der Waals surface area contributed by atoms with E-state index in [9.17, 15) is 9.90 Å². The molecule has 1 rings (SSSR count). The minimum atomic E-state index is -1.06. The van der Waals surface area contributed by atoms with Crippen molar-refractivity contribution in [2.75, 3.05) is 0 Å². The van der Waals surface area contributed by atoms with Gasteiger partial charge in [-0.1, -0.05) is 6.07 Å². The SMILES string of the molecule is Cc1cc(C)c(C[C@H](N)C(=O)O)c(O)c1. The molecule has 4 N–H and O–H groups in total. The molecule has 0 aliphatic rings. The lowest BCUT2D eigenvalue weighted by atomic mass is 9.98. The zero-order valence-electron chi connectivity index (χ0n) is 8.82. The van der Waals surface area contributed by atoms with Gasteiger partial charge in [-0.15, -0.1) is 0 Å². The second kappa shape index (κ2) is 4.31. The predicted octanol–water partition coefficient (Wildman–Crippen LogP) is 0.963. The second-order valence-corrected chi connectivity index (χ2v) is 3.73. The molecule has 0 saturated heterocycles. The Kier molecular flexibility index (Phi) is 3.31. The zero-order chi connectivity index (χ0) is 11.6. The highest BCUT2D eigenvalue weighted by Crippen LogP contribution is 2.24. The topological polar surface area (TPSA) is 83.6 Å². The number of aryl methyl sites for hydroxylation is 2. The first-order valence-electron chi connectivity index (χ1n) is 4.69. The third-order valence-corrected chi connectivity index (χ3v) is 2.33. The van der Waals surface area contributed by atoms with Crippen LogP contribution in [0.4, 0.5) is 0 Å². The molecule has 82 valence electrons. The van der Waals surface area contributed by atoms with Crippen LogP contribution < -0.4 is 5.73 Å². The molecule has 1 atom stereocenters. The third-order valence-electron chi connectivity index (χ3n) is 2.33. The van der Waals surface area contributed by atoms with Crippen LogP contribution >= 0.6 is 0 Å². The maximum absolute atomic E-state index is 10.6. The summed E-state index contributed by atoms with van der Waals surface area (Å²) < 4.78 is 0. The number of carboxylic acid groups (broad SMARTS) is 1. The first-order valence-corrected chi connectivity index (χ1v) is 4.69. The number of benzene rings is 1. The van der Waals surface area contributed by atoms with Gasteiger partial charge in [-0.25, -0.2) is 0 Å². The molecule has 0 fully saturated rings. The molecular weight excluding hydrogens is 194 g/mol. The van der Waals surface area contributed by atoms with Crippen LogP contribution in [0.1, 0.15) is 16.7 Å². The summed E-state index contributed by atoms with van der Waals surface area (Å²) in [6.07, 6.45) is 0.146. The Morgan fingerprint density at radius 1 is 1.47 bits per heavy atom. The number of aromatic hydroxyl groups is 1. The molecule has 0 amide bonds. The maximum atomic E-state index is 10.6. The van der Waals surface area contributed by atoms with Crippen molar-refractivity contribution in [3.8, 4) is 5.75 Å². The normalized spacial score (nSPS) is 12.5. The fraction of sp³-hybridized carbons (Fsp3) is 0.364. The summed E-state index contributed by atoms with van der Waals surface area (Å²) in [6, 6.07) is 2.53. The zero-order valence-corrected chi connectivity index (χ0v) is 8.82. The number of phenols is 1. The van der Waals surface area contributed by atoms with Crippen molar-refractivity contribution in [2.24, 2.45) is 5.73 Å². The van der Waals surface area contributed by atoms with E-state index in [-0.39, 0.29) is 12.2 Å². The summed E-state index contributed by atoms with van der Waals surface area (Å²) in [6.45, 7) is 3.70. The Morgan fingerprint density at radius 3 is 2.53 bits per heavy atom. The summed E-state index contributed by atoms with van der Waals surface area (Å²) in [5.74, 6) is -0.946. The van der Waals surface area contributed by atoms with Gasteiger partial charge < -0.3 is 15.9 Å². The Labute approximate surface area is 88.3 Å². The summed E-state index contributed by atoms with van der Waals surface area (Å²) in [5.41, 5.74) is 7.83. The molecule has 4 heteroatoms. The van der Waals surface area contributed by atoms with Gasteiger partial charge >= 0.3 is 5.97 Å². The van der Waals surface area contributed by atoms with Crippen molar-refractivity contribution in [1.82, 2.24) is 0 Å². The number of carboxylic acids is 1. The van der Waals surface area contributed by atoms with E-state index in [1.165, 1.54) is 0 Å². The number of aliphatic carboxylic acids is 1. The van der Waals surface area contributed by atoms with Crippen LogP contribution in [0.3, 0.4) is 0 Å². The number of nitrogens with two attached hydrogens (primary N) is 1. The van der Waals surface area contributed by atoms with Crippen LogP contribution in [0.25, 0.3) is 0 Å². The van der Waals surface area contributed by atoms with Crippen LogP contribution in [-0.4, -0.2) is 22.2 Å². The van der Waals surface area contributed by atoms with Crippen LogP contribution in [0.5, 0.6) is 5.75 Å². The third kappa shape index (κ3) is 2.70. The minimum Gasteiger partial charge on any atom is -0.508 e. The number of carbonyl (C=O) groups is 1. The molecule has 0 spiro atoms. The Morgan fingerprint density at radius 2 is 2.07 bits per heavy atom. The average molecular weight is 209 g/mol. The van der Waals surface area contributed by atoms with Crippen molar-refractivity contribution < 1.29 is 15.0 Å². The number of hydrogen-bond donors (Lipinski definition) is 3. The van der Waals surface area contributed by atoms with E-state index in [1.54, 1.807) is 6.07 Å². The van der Waals surface area contributed by atoms with Gasteiger partial charge in [-0.05, 0) is 36.6 Å². The molecule has 0 radical (unpaired) electrons. The summed E-state index contributed by atoms with van der Waals surface area (Å²) in [7, 11) is 0. The highest BCUT2D eigenvalue weighted by molar-refractivity contribution is 5.73. The molecule has 0 heterocycles. The van der Waals surface area contributed by atoms with E-state index in [1.807, 2.05) is 19.9 Å². The van der Waals surface area contributed by atoms with Crippen molar-refractivity contribution in [2.45, 2.75) is 26.3 Å². The van der Waals surface area contributed by atoms with E-state index in [4.69, 9.17) is 10.8 Å². The van der Waals surface area contributed by atoms with Crippen molar-refractivity contribution in [3.63, 3.8) is 0 Å². The second-order valence-electron chi connectivity index (χ2n) is 3.73. The van der Waals surface area contributed by atoms with Gasteiger partial charge in [0.15, 0.2) is 0 Å². The van der Waals surface area contributed by atoms with E-state index >= 15 is 0 Å². The smallest absolute Gasteiger partial charge is 0.320 e. The molecule has 0 aliphatic heterocycles. The molecule has 1 aromatic rings. The van der Waals surface area contributed by atoms with Crippen molar-refractivity contribution in [3.05, 3.63) is 28.8 Å². The summed E-state index contributed by atoms with van der Waals surface area (Å²) >= 11 is 0. The lowest BCUT2D eigenvalue weighted by Gasteiger charge is -2.12. The molecule has 0 bridgehead atoms. The van der Waals surface area contributed by atoms with E-state index < -0.39 is 12.0 Å². The van der Waals surface area contributed by atoms with Crippen molar-refractivity contribution >= 4 is 5.97 Å². The molecule has 0 unspecified atom stereocenters. The molecule has 0 saturated carbocycles. The van der Waals surface area contributed by atoms with Crippen LogP contribution in [0.15, 0.2) is 12.1 Å². The minimum absolute atomic E-state index is 0.115. The van der Waals surface area contributed by atoms with E-state index in [2.05, 4.69) is 0 Å². The summed E-state index contributed by atoms with van der Waals surface area (Å²) in [4.78, 5) is 10.6. The van der Waals surface area contributed by atoms with Gasteiger partial charge in [-0.2, -0.15) is 0 Å².